The Labute approximate surface area is 170 Å². The standard InChI is InChI=1S/C21H25ClN4O2/c22-16-6-8-18(9-7-16)23-20(27)12-15-26-13-10-19(11-14-26)25-21(28)24-17-4-2-1-3-5-17/h1-9,19H,10-15H2,(H,23,27)(H2,24,25,28). The van der Waals surface area contributed by atoms with Crippen molar-refractivity contribution in [2.75, 3.05) is 30.3 Å². The van der Waals surface area contributed by atoms with Crippen LogP contribution in [0.5, 0.6) is 0 Å². The fourth-order valence-electron chi connectivity index (χ4n) is 3.19. The molecule has 28 heavy (non-hydrogen) atoms. The Bertz CT molecular complexity index is 775. The first-order valence-corrected chi connectivity index (χ1v) is 9.86. The highest BCUT2D eigenvalue weighted by molar-refractivity contribution is 6.30. The average molecular weight is 401 g/mol. The zero-order valence-electron chi connectivity index (χ0n) is 15.7. The molecule has 6 nitrogen and oxygen atoms in total. The third-order valence-electron chi connectivity index (χ3n) is 4.74. The van der Waals surface area contributed by atoms with Gasteiger partial charge in [-0.15, -0.1) is 0 Å². The fraction of sp³-hybridized carbons (Fsp3) is 0.333. The molecule has 1 heterocycles. The normalized spacial score (nSPS) is 15.0. The molecule has 3 amide bonds. The van der Waals surface area contributed by atoms with E-state index in [0.29, 0.717) is 18.0 Å². The molecule has 0 aliphatic carbocycles. The molecule has 3 N–H and O–H groups in total. The van der Waals surface area contributed by atoms with Crippen LogP contribution < -0.4 is 16.0 Å². The number of urea groups is 1. The molecule has 1 aliphatic rings. The highest BCUT2D eigenvalue weighted by Crippen LogP contribution is 2.15. The molecule has 0 saturated carbocycles. The second kappa shape index (κ2) is 10.1. The molecular formula is C21H25ClN4O2. The molecule has 148 valence electrons. The van der Waals surface area contributed by atoms with E-state index in [-0.39, 0.29) is 18.0 Å². The molecule has 0 spiro atoms. The summed E-state index contributed by atoms with van der Waals surface area (Å²) in [6.45, 7) is 2.44. The minimum atomic E-state index is -0.174. The molecule has 2 aromatic carbocycles. The number of hydrogen-bond acceptors (Lipinski definition) is 3. The lowest BCUT2D eigenvalue weighted by atomic mass is 10.1. The van der Waals surface area contributed by atoms with Crippen LogP contribution in [0.4, 0.5) is 16.2 Å². The topological polar surface area (TPSA) is 73.5 Å². The van der Waals surface area contributed by atoms with Gasteiger partial charge >= 0.3 is 6.03 Å². The Kier molecular flexibility index (Phi) is 7.28. The number of amides is 3. The predicted molar refractivity (Wildman–Crippen MR) is 113 cm³/mol. The smallest absolute Gasteiger partial charge is 0.319 e. The van der Waals surface area contributed by atoms with Crippen LogP contribution in [0.25, 0.3) is 0 Å². The van der Waals surface area contributed by atoms with Crippen LogP contribution in [-0.4, -0.2) is 42.5 Å². The molecule has 3 rings (SSSR count). The number of rotatable bonds is 6. The highest BCUT2D eigenvalue weighted by Gasteiger charge is 2.21. The maximum absolute atomic E-state index is 12.1. The third-order valence-corrected chi connectivity index (χ3v) is 4.99. The summed E-state index contributed by atoms with van der Waals surface area (Å²) in [5.41, 5.74) is 1.53. The van der Waals surface area contributed by atoms with Crippen molar-refractivity contribution in [3.8, 4) is 0 Å². The summed E-state index contributed by atoms with van der Waals surface area (Å²) >= 11 is 5.85. The van der Waals surface area contributed by atoms with Crippen LogP contribution in [0.2, 0.25) is 5.02 Å². The maximum Gasteiger partial charge on any atom is 0.319 e. The van der Waals surface area contributed by atoms with Gasteiger partial charge in [0.2, 0.25) is 5.91 Å². The molecule has 0 bridgehead atoms. The van der Waals surface area contributed by atoms with E-state index in [1.54, 1.807) is 24.3 Å². The van der Waals surface area contributed by atoms with Gasteiger partial charge in [-0.1, -0.05) is 29.8 Å². The SMILES string of the molecule is O=C(CCN1CCC(NC(=O)Nc2ccccc2)CC1)Nc1ccc(Cl)cc1. The van der Waals surface area contributed by atoms with Crippen molar-refractivity contribution < 1.29 is 9.59 Å². The number of benzene rings is 2. The summed E-state index contributed by atoms with van der Waals surface area (Å²) in [6.07, 6.45) is 2.19. The summed E-state index contributed by atoms with van der Waals surface area (Å²) in [5.74, 6) is -0.00944. The summed E-state index contributed by atoms with van der Waals surface area (Å²) in [7, 11) is 0. The Morgan fingerprint density at radius 1 is 0.929 bits per heavy atom. The summed E-state index contributed by atoms with van der Waals surface area (Å²) < 4.78 is 0. The van der Waals surface area contributed by atoms with Gasteiger partial charge in [0.15, 0.2) is 0 Å². The Morgan fingerprint density at radius 3 is 2.25 bits per heavy atom. The van der Waals surface area contributed by atoms with Crippen LogP contribution in [-0.2, 0) is 4.79 Å². The van der Waals surface area contributed by atoms with Crippen molar-refractivity contribution in [3.05, 3.63) is 59.6 Å². The number of para-hydroxylation sites is 1. The summed E-state index contributed by atoms with van der Waals surface area (Å²) in [6, 6.07) is 16.5. The van der Waals surface area contributed by atoms with Crippen LogP contribution in [0, 0.1) is 0 Å². The lowest BCUT2D eigenvalue weighted by Gasteiger charge is -2.32. The van der Waals surface area contributed by atoms with Crippen molar-refractivity contribution >= 4 is 34.9 Å². The zero-order chi connectivity index (χ0) is 19.8. The monoisotopic (exact) mass is 400 g/mol. The highest BCUT2D eigenvalue weighted by atomic mass is 35.5. The van der Waals surface area contributed by atoms with E-state index in [1.807, 2.05) is 30.3 Å². The fourth-order valence-corrected chi connectivity index (χ4v) is 3.32. The quantitative estimate of drug-likeness (QED) is 0.687. The lowest BCUT2D eigenvalue weighted by Crippen LogP contribution is -2.46. The predicted octanol–water partition coefficient (Wildman–Crippen LogP) is 3.95. The summed E-state index contributed by atoms with van der Waals surface area (Å²) in [5, 5.41) is 9.39. The minimum Gasteiger partial charge on any atom is -0.335 e. The second-order valence-corrected chi connectivity index (χ2v) is 7.32. The van der Waals surface area contributed by atoms with Crippen molar-refractivity contribution in [1.82, 2.24) is 10.2 Å². The number of likely N-dealkylation sites (tertiary alicyclic amines) is 1. The van der Waals surface area contributed by atoms with Crippen LogP contribution in [0.3, 0.4) is 0 Å². The number of anilines is 2. The van der Waals surface area contributed by atoms with E-state index in [9.17, 15) is 9.59 Å². The molecule has 7 heteroatoms. The van der Waals surface area contributed by atoms with Gasteiger partial charge in [0.1, 0.15) is 0 Å². The number of nitrogens with one attached hydrogen (secondary N) is 3. The Hall–Kier alpha value is -2.57. The average Bonchev–Trinajstić information content (AvgIpc) is 2.70. The minimum absolute atomic E-state index is 0.00944. The number of carbonyl (C=O) groups excluding carboxylic acids is 2. The van der Waals surface area contributed by atoms with Crippen molar-refractivity contribution in [3.63, 3.8) is 0 Å². The molecule has 0 atom stereocenters. The van der Waals surface area contributed by atoms with Crippen LogP contribution in [0.15, 0.2) is 54.6 Å². The van der Waals surface area contributed by atoms with Gasteiger partial charge in [0, 0.05) is 48.5 Å². The first-order chi connectivity index (χ1) is 13.6. The van der Waals surface area contributed by atoms with Crippen molar-refractivity contribution in [1.29, 1.82) is 0 Å². The largest absolute Gasteiger partial charge is 0.335 e. The Balaban J connectivity index is 1.33. The number of carbonyl (C=O) groups is 2. The van der Waals surface area contributed by atoms with Crippen molar-refractivity contribution in [2.24, 2.45) is 0 Å². The van der Waals surface area contributed by atoms with Gasteiger partial charge in [-0.2, -0.15) is 0 Å². The van der Waals surface area contributed by atoms with Gasteiger partial charge < -0.3 is 20.9 Å². The molecule has 1 saturated heterocycles. The first kappa shape index (κ1) is 20.2. The molecule has 1 aliphatic heterocycles. The molecular weight excluding hydrogens is 376 g/mol. The van der Waals surface area contributed by atoms with E-state index >= 15 is 0 Å². The van der Waals surface area contributed by atoms with E-state index in [4.69, 9.17) is 11.6 Å². The Morgan fingerprint density at radius 2 is 1.57 bits per heavy atom. The number of halogens is 1. The van der Waals surface area contributed by atoms with Gasteiger partial charge in [-0.25, -0.2) is 4.79 Å². The van der Waals surface area contributed by atoms with Gasteiger partial charge in [0.05, 0.1) is 0 Å². The second-order valence-electron chi connectivity index (χ2n) is 6.89. The van der Waals surface area contributed by atoms with E-state index in [0.717, 1.165) is 37.3 Å². The number of hydrogen-bond donors (Lipinski definition) is 3. The van der Waals surface area contributed by atoms with Crippen molar-refractivity contribution in [2.45, 2.75) is 25.3 Å². The van der Waals surface area contributed by atoms with Gasteiger partial charge in [0.25, 0.3) is 0 Å². The lowest BCUT2D eigenvalue weighted by molar-refractivity contribution is -0.116. The summed E-state index contributed by atoms with van der Waals surface area (Å²) in [4.78, 5) is 26.4. The van der Waals surface area contributed by atoms with E-state index in [1.165, 1.54) is 0 Å². The third kappa shape index (κ3) is 6.55. The van der Waals surface area contributed by atoms with E-state index in [2.05, 4.69) is 20.9 Å². The van der Waals surface area contributed by atoms with E-state index < -0.39 is 0 Å². The first-order valence-electron chi connectivity index (χ1n) is 9.49. The number of nitrogens with zero attached hydrogens (tertiary/aromatic N) is 1. The number of piperidine rings is 1. The van der Waals surface area contributed by atoms with Crippen LogP contribution in [0.1, 0.15) is 19.3 Å². The van der Waals surface area contributed by atoms with Crippen LogP contribution >= 0.6 is 11.6 Å². The zero-order valence-corrected chi connectivity index (χ0v) is 16.4. The molecule has 1 fully saturated rings. The molecule has 2 aromatic rings. The van der Waals surface area contributed by atoms with Gasteiger partial charge in [-0.05, 0) is 49.2 Å². The molecule has 0 radical (unpaired) electrons. The maximum atomic E-state index is 12.1. The van der Waals surface area contributed by atoms with Gasteiger partial charge in [-0.3, -0.25) is 4.79 Å². The molecule has 0 unspecified atom stereocenters. The molecule has 0 aromatic heterocycles.